The van der Waals surface area contributed by atoms with Gasteiger partial charge in [-0.05, 0) is 11.6 Å². The summed E-state index contributed by atoms with van der Waals surface area (Å²) in [7, 11) is 0. The van der Waals surface area contributed by atoms with E-state index in [9.17, 15) is 0 Å². The smallest absolute Gasteiger partial charge is 0.0457 e. The molecular weight excluding hydrogens is 208 g/mol. The molecule has 78 valence electrons. The van der Waals surface area contributed by atoms with Gasteiger partial charge >= 0.3 is 0 Å². The molecule has 2 aromatic rings. The van der Waals surface area contributed by atoms with Crippen LogP contribution in [-0.2, 0) is 6.54 Å². The van der Waals surface area contributed by atoms with Crippen LogP contribution in [0.1, 0.15) is 5.56 Å². The van der Waals surface area contributed by atoms with Crippen molar-refractivity contribution in [1.82, 2.24) is 10.3 Å². The van der Waals surface area contributed by atoms with Gasteiger partial charge < -0.3 is 10.3 Å². The molecule has 15 heavy (non-hydrogen) atoms. The summed E-state index contributed by atoms with van der Waals surface area (Å²) in [4.78, 5) is 3.23. The normalized spacial score (nSPS) is 10.7. The van der Waals surface area contributed by atoms with Crippen LogP contribution < -0.4 is 5.32 Å². The van der Waals surface area contributed by atoms with Crippen LogP contribution in [0, 0.1) is 0 Å². The molecule has 0 radical (unpaired) electrons. The van der Waals surface area contributed by atoms with Crippen molar-refractivity contribution in [2.75, 3.05) is 6.54 Å². The molecule has 1 heterocycles. The molecule has 0 spiro atoms. The summed E-state index contributed by atoms with van der Waals surface area (Å²) in [6.07, 6.45) is 2.02. The Labute approximate surface area is 93.9 Å². The third-order valence-corrected chi connectivity index (χ3v) is 2.44. The van der Waals surface area contributed by atoms with Crippen molar-refractivity contribution in [3.05, 3.63) is 47.6 Å². The van der Waals surface area contributed by atoms with Crippen molar-refractivity contribution < 1.29 is 0 Å². The van der Waals surface area contributed by atoms with Crippen LogP contribution in [0.15, 0.2) is 42.1 Å². The molecule has 2 N–H and O–H groups in total. The third kappa shape index (κ3) is 2.41. The second-order valence-electron chi connectivity index (χ2n) is 3.48. The van der Waals surface area contributed by atoms with E-state index in [1.54, 1.807) is 0 Å². The highest BCUT2D eigenvalue weighted by atomic mass is 35.5. The number of para-hydroxylation sites is 1. The van der Waals surface area contributed by atoms with Crippen LogP contribution >= 0.6 is 11.6 Å². The molecule has 0 bridgehead atoms. The first-order valence-corrected chi connectivity index (χ1v) is 5.24. The van der Waals surface area contributed by atoms with Crippen LogP contribution in [0.4, 0.5) is 0 Å². The molecule has 0 saturated carbocycles. The number of aromatic amines is 1. The lowest BCUT2D eigenvalue weighted by Gasteiger charge is -2.01. The summed E-state index contributed by atoms with van der Waals surface area (Å²) in [6.45, 7) is 5.07. The molecule has 1 aromatic carbocycles. The molecule has 0 fully saturated rings. The summed E-state index contributed by atoms with van der Waals surface area (Å²) in [5.74, 6) is 0. The van der Waals surface area contributed by atoms with Gasteiger partial charge in [0.25, 0.3) is 0 Å². The minimum atomic E-state index is 0.634. The molecular formula is C12H13ClN2. The zero-order valence-corrected chi connectivity index (χ0v) is 9.14. The summed E-state index contributed by atoms with van der Waals surface area (Å²) < 4.78 is 0. The van der Waals surface area contributed by atoms with E-state index < -0.39 is 0 Å². The highest BCUT2D eigenvalue weighted by Gasteiger charge is 2.01. The van der Waals surface area contributed by atoms with Crippen LogP contribution in [0.5, 0.6) is 0 Å². The second-order valence-corrected chi connectivity index (χ2v) is 4.01. The van der Waals surface area contributed by atoms with Gasteiger partial charge in [-0.1, -0.05) is 36.4 Å². The van der Waals surface area contributed by atoms with E-state index in [1.165, 1.54) is 16.5 Å². The topological polar surface area (TPSA) is 27.8 Å². The Morgan fingerprint density at radius 2 is 2.20 bits per heavy atom. The van der Waals surface area contributed by atoms with E-state index in [0.29, 0.717) is 11.6 Å². The predicted molar refractivity (Wildman–Crippen MR) is 65.0 cm³/mol. The average Bonchev–Trinajstić information content (AvgIpc) is 2.62. The number of rotatable bonds is 4. The maximum Gasteiger partial charge on any atom is 0.0457 e. The lowest BCUT2D eigenvalue weighted by atomic mass is 10.2. The second kappa shape index (κ2) is 4.51. The van der Waals surface area contributed by atoms with Gasteiger partial charge in [0.05, 0.1) is 0 Å². The van der Waals surface area contributed by atoms with E-state index in [2.05, 4.69) is 29.0 Å². The standard InChI is InChI=1S/C12H13ClN2/c1-9(13)6-14-7-10-8-15-12-5-3-2-4-11(10)12/h2-5,8,14-15H,1,6-7H2. The Morgan fingerprint density at radius 1 is 1.40 bits per heavy atom. The lowest BCUT2D eigenvalue weighted by molar-refractivity contribution is 0.759. The van der Waals surface area contributed by atoms with Crippen molar-refractivity contribution in [2.45, 2.75) is 6.54 Å². The fourth-order valence-corrected chi connectivity index (χ4v) is 1.71. The fraction of sp³-hybridized carbons (Fsp3) is 0.167. The van der Waals surface area contributed by atoms with Gasteiger partial charge in [0.2, 0.25) is 0 Å². The summed E-state index contributed by atoms with van der Waals surface area (Å²) in [6, 6.07) is 8.24. The van der Waals surface area contributed by atoms with Crippen molar-refractivity contribution in [2.24, 2.45) is 0 Å². The molecule has 0 aliphatic rings. The van der Waals surface area contributed by atoms with Crippen molar-refractivity contribution in [1.29, 1.82) is 0 Å². The van der Waals surface area contributed by atoms with E-state index in [0.717, 1.165) is 6.54 Å². The molecule has 3 heteroatoms. The van der Waals surface area contributed by atoms with Gasteiger partial charge in [0, 0.05) is 35.2 Å². The van der Waals surface area contributed by atoms with E-state index >= 15 is 0 Å². The largest absolute Gasteiger partial charge is 0.361 e. The number of hydrogen-bond donors (Lipinski definition) is 2. The highest BCUT2D eigenvalue weighted by molar-refractivity contribution is 6.29. The molecule has 0 atom stereocenters. The van der Waals surface area contributed by atoms with E-state index in [-0.39, 0.29) is 0 Å². The highest BCUT2D eigenvalue weighted by Crippen LogP contribution is 2.17. The van der Waals surface area contributed by atoms with Crippen LogP contribution in [-0.4, -0.2) is 11.5 Å². The first-order chi connectivity index (χ1) is 7.27. The maximum atomic E-state index is 5.67. The zero-order chi connectivity index (χ0) is 10.7. The molecule has 2 rings (SSSR count). The Balaban J connectivity index is 2.11. The van der Waals surface area contributed by atoms with Gasteiger partial charge in [-0.2, -0.15) is 0 Å². The van der Waals surface area contributed by atoms with Gasteiger partial charge in [0.1, 0.15) is 0 Å². The summed E-state index contributed by atoms with van der Waals surface area (Å²) in [5, 5.41) is 5.12. The third-order valence-electron chi connectivity index (χ3n) is 2.31. The number of fused-ring (bicyclic) bond motifs is 1. The number of hydrogen-bond acceptors (Lipinski definition) is 1. The summed E-state index contributed by atoms with van der Waals surface area (Å²) in [5.41, 5.74) is 2.42. The molecule has 1 aromatic heterocycles. The van der Waals surface area contributed by atoms with Crippen molar-refractivity contribution >= 4 is 22.5 Å². The maximum absolute atomic E-state index is 5.67. The number of aromatic nitrogens is 1. The number of benzene rings is 1. The predicted octanol–water partition coefficient (Wildman–Crippen LogP) is 3.01. The Bertz CT molecular complexity index is 473. The molecule has 0 saturated heterocycles. The first kappa shape index (κ1) is 10.3. The first-order valence-electron chi connectivity index (χ1n) is 4.86. The van der Waals surface area contributed by atoms with Crippen LogP contribution in [0.3, 0.4) is 0 Å². The zero-order valence-electron chi connectivity index (χ0n) is 8.39. The summed E-state index contributed by atoms with van der Waals surface area (Å²) >= 11 is 5.67. The minimum absolute atomic E-state index is 0.634. The van der Waals surface area contributed by atoms with Gasteiger partial charge in [-0.25, -0.2) is 0 Å². The Morgan fingerprint density at radius 3 is 3.00 bits per heavy atom. The molecule has 0 unspecified atom stereocenters. The van der Waals surface area contributed by atoms with Crippen molar-refractivity contribution in [3.8, 4) is 0 Å². The van der Waals surface area contributed by atoms with E-state index in [1.807, 2.05) is 18.3 Å². The fourth-order valence-electron chi connectivity index (χ4n) is 1.61. The number of nitrogens with one attached hydrogen (secondary N) is 2. The molecule has 0 aliphatic carbocycles. The minimum Gasteiger partial charge on any atom is -0.361 e. The van der Waals surface area contributed by atoms with E-state index in [4.69, 9.17) is 11.6 Å². The van der Waals surface area contributed by atoms with Gasteiger partial charge in [-0.15, -0.1) is 0 Å². The average molecular weight is 221 g/mol. The van der Waals surface area contributed by atoms with Gasteiger partial charge in [-0.3, -0.25) is 0 Å². The lowest BCUT2D eigenvalue weighted by Crippen LogP contribution is -2.14. The molecule has 0 amide bonds. The monoisotopic (exact) mass is 220 g/mol. The van der Waals surface area contributed by atoms with Crippen LogP contribution in [0.25, 0.3) is 10.9 Å². The number of halogens is 1. The van der Waals surface area contributed by atoms with Crippen LogP contribution in [0.2, 0.25) is 0 Å². The SMILES string of the molecule is C=C(Cl)CNCc1c[nH]c2ccccc12. The molecule has 0 aliphatic heterocycles. The molecule has 2 nitrogen and oxygen atoms in total. The Kier molecular flexibility index (Phi) is 3.09. The number of H-pyrrole nitrogens is 1. The Hall–Kier alpha value is -1.25. The van der Waals surface area contributed by atoms with Gasteiger partial charge in [0.15, 0.2) is 0 Å². The van der Waals surface area contributed by atoms with Crippen molar-refractivity contribution in [3.63, 3.8) is 0 Å². The quantitative estimate of drug-likeness (QED) is 0.815.